The van der Waals surface area contributed by atoms with Gasteiger partial charge in [-0.2, -0.15) is 0 Å². The summed E-state index contributed by atoms with van der Waals surface area (Å²) in [5, 5.41) is 0. The maximum Gasteiger partial charge on any atom is 0.135 e. The van der Waals surface area contributed by atoms with E-state index in [1.165, 1.54) is 25.7 Å². The Balaban J connectivity index is 2.31. The van der Waals surface area contributed by atoms with Crippen molar-refractivity contribution in [3.63, 3.8) is 0 Å². The van der Waals surface area contributed by atoms with Gasteiger partial charge in [0.2, 0.25) is 0 Å². The van der Waals surface area contributed by atoms with Crippen LogP contribution in [0.3, 0.4) is 0 Å². The van der Waals surface area contributed by atoms with Crippen molar-refractivity contribution in [2.24, 2.45) is 28.6 Å². The predicted molar refractivity (Wildman–Crippen MR) is 71.8 cm³/mol. The maximum absolute atomic E-state index is 12.0. The van der Waals surface area contributed by atoms with Gasteiger partial charge in [0.1, 0.15) is 5.78 Å². The second kappa shape index (κ2) is 4.10. The first-order valence-electron chi connectivity index (χ1n) is 7.30. The largest absolute Gasteiger partial charge is 0.299 e. The first-order chi connectivity index (χ1) is 7.79. The zero-order valence-corrected chi connectivity index (χ0v) is 12.2. The highest BCUT2D eigenvalue weighted by Gasteiger charge is 2.52. The summed E-state index contributed by atoms with van der Waals surface area (Å²) in [5.74, 6) is 2.58. The fourth-order valence-corrected chi connectivity index (χ4v) is 4.82. The molecule has 0 heterocycles. The van der Waals surface area contributed by atoms with Gasteiger partial charge in [0.05, 0.1) is 0 Å². The third-order valence-electron chi connectivity index (χ3n) is 6.19. The van der Waals surface area contributed by atoms with Crippen molar-refractivity contribution in [3.8, 4) is 0 Å². The quantitative estimate of drug-likeness (QED) is 0.657. The monoisotopic (exact) mass is 236 g/mol. The minimum Gasteiger partial charge on any atom is -0.299 e. The third kappa shape index (κ3) is 1.96. The lowest BCUT2D eigenvalue weighted by Crippen LogP contribution is -2.50. The van der Waals surface area contributed by atoms with Crippen molar-refractivity contribution < 1.29 is 4.79 Å². The van der Waals surface area contributed by atoms with Crippen molar-refractivity contribution in [2.75, 3.05) is 0 Å². The highest BCUT2D eigenvalue weighted by atomic mass is 16.1. The number of Topliss-reactive ketones (excluding diaryl/α,β-unsaturated/α-hetero) is 1. The molecule has 0 N–H and O–H groups in total. The molecule has 0 amide bonds. The maximum atomic E-state index is 12.0. The lowest BCUT2D eigenvalue weighted by atomic mass is 9.49. The molecule has 2 aliphatic rings. The number of hydrogen-bond donors (Lipinski definition) is 0. The van der Waals surface area contributed by atoms with Gasteiger partial charge in [-0.05, 0) is 49.4 Å². The second-order valence-electron chi connectivity index (χ2n) is 7.47. The van der Waals surface area contributed by atoms with E-state index in [0.29, 0.717) is 17.1 Å². The lowest BCUT2D eigenvalue weighted by molar-refractivity contribution is -0.139. The summed E-state index contributed by atoms with van der Waals surface area (Å²) in [7, 11) is 0. The number of rotatable bonds is 1. The molecule has 0 aromatic carbocycles. The number of carbonyl (C=O) groups is 1. The van der Waals surface area contributed by atoms with Gasteiger partial charge in [-0.1, -0.05) is 40.5 Å². The number of fused-ring (bicyclic) bond motifs is 1. The van der Waals surface area contributed by atoms with Crippen molar-refractivity contribution in [2.45, 2.75) is 66.7 Å². The van der Waals surface area contributed by atoms with Crippen LogP contribution in [0.1, 0.15) is 66.7 Å². The summed E-state index contributed by atoms with van der Waals surface area (Å²) >= 11 is 0. The van der Waals surface area contributed by atoms with Gasteiger partial charge in [0.25, 0.3) is 0 Å². The third-order valence-corrected chi connectivity index (χ3v) is 6.19. The summed E-state index contributed by atoms with van der Waals surface area (Å²) in [6.07, 6.45) is 6.51. The zero-order valence-electron chi connectivity index (χ0n) is 12.2. The molecule has 1 nitrogen and oxygen atoms in total. The highest BCUT2D eigenvalue weighted by Crippen LogP contribution is 2.58. The molecule has 98 valence electrons. The second-order valence-corrected chi connectivity index (χ2v) is 7.47. The van der Waals surface area contributed by atoms with E-state index >= 15 is 0 Å². The van der Waals surface area contributed by atoms with E-state index < -0.39 is 0 Å². The van der Waals surface area contributed by atoms with Gasteiger partial charge in [0, 0.05) is 5.41 Å². The summed E-state index contributed by atoms with van der Waals surface area (Å²) < 4.78 is 0. The first kappa shape index (κ1) is 13.1. The minimum absolute atomic E-state index is 0.0597. The van der Waals surface area contributed by atoms with Gasteiger partial charge in [-0.3, -0.25) is 4.79 Å². The van der Waals surface area contributed by atoms with E-state index in [1.54, 1.807) is 6.92 Å². The molecule has 0 aromatic heterocycles. The molecule has 0 aromatic rings. The van der Waals surface area contributed by atoms with Crippen LogP contribution in [-0.2, 0) is 4.79 Å². The normalized spacial score (nSPS) is 45.1. The van der Waals surface area contributed by atoms with E-state index in [-0.39, 0.29) is 5.41 Å². The molecule has 0 spiro atoms. The van der Waals surface area contributed by atoms with E-state index in [2.05, 4.69) is 27.7 Å². The highest BCUT2D eigenvalue weighted by molar-refractivity contribution is 5.82. The molecule has 2 rings (SSSR count). The summed E-state index contributed by atoms with van der Waals surface area (Å²) in [6, 6.07) is 0. The molecule has 0 saturated heterocycles. The summed E-state index contributed by atoms with van der Waals surface area (Å²) in [6.45, 7) is 11.2. The van der Waals surface area contributed by atoms with Crippen molar-refractivity contribution >= 4 is 5.78 Å². The van der Waals surface area contributed by atoms with Gasteiger partial charge in [-0.25, -0.2) is 0 Å². The number of ketones is 1. The Labute approximate surface area is 106 Å². The molecular weight excluding hydrogens is 208 g/mol. The predicted octanol–water partition coefficient (Wildman–Crippen LogP) is 4.45. The molecule has 2 aliphatic carbocycles. The van der Waals surface area contributed by atoms with Crippen LogP contribution in [0.15, 0.2) is 0 Å². The fourth-order valence-electron chi connectivity index (χ4n) is 4.82. The molecule has 17 heavy (non-hydrogen) atoms. The molecule has 4 unspecified atom stereocenters. The van der Waals surface area contributed by atoms with Crippen LogP contribution in [0, 0.1) is 28.6 Å². The van der Waals surface area contributed by atoms with E-state index in [9.17, 15) is 4.79 Å². The molecule has 0 radical (unpaired) electrons. The Hall–Kier alpha value is -0.330. The van der Waals surface area contributed by atoms with Crippen LogP contribution in [0.2, 0.25) is 0 Å². The minimum atomic E-state index is -0.0597. The number of hydrogen-bond acceptors (Lipinski definition) is 1. The van der Waals surface area contributed by atoms with Crippen molar-refractivity contribution in [1.82, 2.24) is 0 Å². The topological polar surface area (TPSA) is 17.1 Å². The van der Waals surface area contributed by atoms with Crippen LogP contribution >= 0.6 is 0 Å². The van der Waals surface area contributed by atoms with Crippen molar-refractivity contribution in [3.05, 3.63) is 0 Å². The molecule has 0 bridgehead atoms. The van der Waals surface area contributed by atoms with Gasteiger partial charge in [0.15, 0.2) is 0 Å². The Morgan fingerprint density at radius 1 is 1.12 bits per heavy atom. The first-order valence-corrected chi connectivity index (χ1v) is 7.30. The van der Waals surface area contributed by atoms with Crippen LogP contribution in [0.4, 0.5) is 0 Å². The average molecular weight is 236 g/mol. The van der Waals surface area contributed by atoms with Crippen LogP contribution in [0.5, 0.6) is 0 Å². The Bertz CT molecular complexity index is 317. The van der Waals surface area contributed by atoms with E-state index in [1.807, 2.05) is 0 Å². The molecule has 2 saturated carbocycles. The van der Waals surface area contributed by atoms with Gasteiger partial charge >= 0.3 is 0 Å². The van der Waals surface area contributed by atoms with E-state index in [4.69, 9.17) is 0 Å². The van der Waals surface area contributed by atoms with Gasteiger partial charge < -0.3 is 0 Å². The fraction of sp³-hybridized carbons (Fsp3) is 0.938. The molecular formula is C16H28O. The SMILES string of the molecule is CC(=O)C1(C)CCC2CCCC(C)(C)C2C1C. The Morgan fingerprint density at radius 2 is 1.76 bits per heavy atom. The molecule has 4 atom stereocenters. The zero-order chi connectivity index (χ0) is 12.8. The Morgan fingerprint density at radius 3 is 2.35 bits per heavy atom. The average Bonchev–Trinajstić information content (AvgIpc) is 2.22. The van der Waals surface area contributed by atoms with Crippen molar-refractivity contribution in [1.29, 1.82) is 0 Å². The van der Waals surface area contributed by atoms with Crippen LogP contribution in [-0.4, -0.2) is 5.78 Å². The number of carbonyl (C=O) groups excluding carboxylic acids is 1. The summed E-state index contributed by atoms with van der Waals surface area (Å²) in [5.41, 5.74) is 0.370. The van der Waals surface area contributed by atoms with Crippen LogP contribution < -0.4 is 0 Å². The lowest BCUT2D eigenvalue weighted by Gasteiger charge is -2.55. The smallest absolute Gasteiger partial charge is 0.135 e. The molecule has 1 heteroatoms. The molecule has 0 aliphatic heterocycles. The van der Waals surface area contributed by atoms with Crippen LogP contribution in [0.25, 0.3) is 0 Å². The standard InChI is InChI=1S/C16H28O/c1-11-14-13(7-6-9-15(14,3)4)8-10-16(11,5)12(2)17/h11,13-14H,6-10H2,1-5H3. The van der Waals surface area contributed by atoms with Gasteiger partial charge in [-0.15, -0.1) is 0 Å². The molecule has 2 fully saturated rings. The summed E-state index contributed by atoms with van der Waals surface area (Å²) in [4.78, 5) is 12.0. The van der Waals surface area contributed by atoms with E-state index in [0.717, 1.165) is 18.3 Å². The Kier molecular flexibility index (Phi) is 3.16.